The van der Waals surface area contributed by atoms with Gasteiger partial charge in [-0.05, 0) is 48.5 Å². The van der Waals surface area contributed by atoms with E-state index in [1.807, 2.05) is 36.4 Å². The zero-order valence-electron chi connectivity index (χ0n) is 17.1. The van der Waals surface area contributed by atoms with E-state index in [1.54, 1.807) is 44.5 Å². The molecule has 4 rings (SSSR count). The van der Waals surface area contributed by atoms with Crippen molar-refractivity contribution < 1.29 is 9.53 Å². The molecule has 1 N–H and O–H groups in total. The van der Waals surface area contributed by atoms with Crippen LogP contribution in [0.1, 0.15) is 15.9 Å². The van der Waals surface area contributed by atoms with Gasteiger partial charge in [-0.2, -0.15) is 5.10 Å². The Morgan fingerprint density at radius 2 is 1.77 bits per heavy atom. The smallest absolute Gasteiger partial charge is 0.274 e. The monoisotopic (exact) mass is 433 g/mol. The molecule has 156 valence electrons. The largest absolute Gasteiger partial charge is 0.496 e. The van der Waals surface area contributed by atoms with Crippen LogP contribution < -0.4 is 15.6 Å². The molecule has 6 nitrogen and oxygen atoms in total. The van der Waals surface area contributed by atoms with E-state index >= 15 is 0 Å². The average Bonchev–Trinajstić information content (AvgIpc) is 2.80. The van der Waals surface area contributed by atoms with Gasteiger partial charge < -0.3 is 10.1 Å². The van der Waals surface area contributed by atoms with E-state index in [0.717, 1.165) is 16.5 Å². The summed E-state index contributed by atoms with van der Waals surface area (Å²) in [6.07, 6.45) is 0. The Labute approximate surface area is 184 Å². The summed E-state index contributed by atoms with van der Waals surface area (Å²) in [6.45, 7) is 0.266. The number of rotatable bonds is 5. The molecule has 7 heteroatoms. The van der Waals surface area contributed by atoms with Crippen molar-refractivity contribution in [1.82, 2.24) is 15.1 Å². The first-order chi connectivity index (χ1) is 15.0. The number of carbonyl (C=O) groups is 1. The average molecular weight is 434 g/mol. The molecule has 0 bridgehead atoms. The molecule has 0 unspecified atom stereocenters. The number of aromatic nitrogens is 2. The predicted octanol–water partition coefficient (Wildman–Crippen LogP) is 4.19. The maximum Gasteiger partial charge on any atom is 0.274 e. The Kier molecular flexibility index (Phi) is 5.73. The first-order valence-corrected chi connectivity index (χ1v) is 10.0. The van der Waals surface area contributed by atoms with Crippen molar-refractivity contribution in [2.75, 3.05) is 7.11 Å². The fourth-order valence-corrected chi connectivity index (χ4v) is 3.58. The van der Waals surface area contributed by atoms with Crippen LogP contribution in [-0.4, -0.2) is 22.8 Å². The number of benzene rings is 3. The molecule has 4 aromatic rings. The number of halogens is 1. The Bertz CT molecular complexity index is 1330. The number of carbonyl (C=O) groups excluding carboxylic acids is 1. The Balaban J connectivity index is 1.69. The molecule has 0 aliphatic carbocycles. The molecular formula is C24H20ClN3O3. The Morgan fingerprint density at radius 1 is 1.06 bits per heavy atom. The molecule has 0 fully saturated rings. The molecule has 0 saturated heterocycles. The summed E-state index contributed by atoms with van der Waals surface area (Å²) in [5.74, 6) is 0.434. The highest BCUT2D eigenvalue weighted by atomic mass is 35.5. The fourth-order valence-electron chi connectivity index (χ4n) is 3.46. The van der Waals surface area contributed by atoms with Crippen LogP contribution in [0.5, 0.6) is 5.75 Å². The van der Waals surface area contributed by atoms with E-state index in [4.69, 9.17) is 16.3 Å². The highest BCUT2D eigenvalue weighted by Gasteiger charge is 2.14. The second-order valence-electron chi connectivity index (χ2n) is 7.04. The number of fused-ring (bicyclic) bond motifs is 1. The minimum atomic E-state index is -0.213. The first kappa shape index (κ1) is 20.6. The third-order valence-electron chi connectivity index (χ3n) is 5.06. The van der Waals surface area contributed by atoms with E-state index < -0.39 is 0 Å². The number of aryl methyl sites for hydroxylation is 1. The van der Waals surface area contributed by atoms with E-state index in [9.17, 15) is 9.59 Å². The lowest BCUT2D eigenvalue weighted by atomic mass is 10.0. The maximum absolute atomic E-state index is 12.5. The summed E-state index contributed by atoms with van der Waals surface area (Å²) in [5, 5.41) is 9.33. The SMILES string of the molecule is COc1ccc(-c2nn(C)c(=O)c3ccccc23)cc1CNC(=O)c1ccc(Cl)cc1. The van der Waals surface area contributed by atoms with Gasteiger partial charge in [-0.1, -0.05) is 29.8 Å². The summed E-state index contributed by atoms with van der Waals surface area (Å²) in [5.41, 5.74) is 2.67. The third kappa shape index (κ3) is 4.15. The highest BCUT2D eigenvalue weighted by molar-refractivity contribution is 6.30. The molecule has 0 radical (unpaired) electrons. The number of hydrogen-bond acceptors (Lipinski definition) is 4. The van der Waals surface area contributed by atoms with Crippen LogP contribution in [0.15, 0.2) is 71.5 Å². The molecule has 0 aliphatic heterocycles. The van der Waals surface area contributed by atoms with Gasteiger partial charge >= 0.3 is 0 Å². The van der Waals surface area contributed by atoms with Crippen LogP contribution in [0, 0.1) is 0 Å². The quantitative estimate of drug-likeness (QED) is 0.512. The van der Waals surface area contributed by atoms with Gasteiger partial charge in [0.2, 0.25) is 0 Å². The van der Waals surface area contributed by atoms with Gasteiger partial charge in [0.15, 0.2) is 0 Å². The fraction of sp³-hybridized carbons (Fsp3) is 0.125. The molecule has 3 aromatic carbocycles. The zero-order chi connectivity index (χ0) is 22.0. The molecule has 0 atom stereocenters. The van der Waals surface area contributed by atoms with Gasteiger partial charge in [0.25, 0.3) is 11.5 Å². The zero-order valence-corrected chi connectivity index (χ0v) is 17.8. The van der Waals surface area contributed by atoms with Crippen LogP contribution in [0.2, 0.25) is 5.02 Å². The lowest BCUT2D eigenvalue weighted by Gasteiger charge is -2.13. The first-order valence-electron chi connectivity index (χ1n) is 9.65. The summed E-state index contributed by atoms with van der Waals surface area (Å²) >= 11 is 5.89. The molecule has 0 aliphatic rings. The second-order valence-corrected chi connectivity index (χ2v) is 7.48. The topological polar surface area (TPSA) is 73.2 Å². The van der Waals surface area contributed by atoms with E-state index in [1.165, 1.54) is 4.68 Å². The maximum atomic E-state index is 12.5. The van der Waals surface area contributed by atoms with Gasteiger partial charge in [-0.15, -0.1) is 0 Å². The predicted molar refractivity (Wildman–Crippen MR) is 122 cm³/mol. The molecular weight excluding hydrogens is 414 g/mol. The van der Waals surface area contributed by atoms with Gasteiger partial charge in [-0.25, -0.2) is 4.68 Å². The number of nitrogens with zero attached hydrogens (tertiary/aromatic N) is 2. The van der Waals surface area contributed by atoms with Crippen molar-refractivity contribution in [3.8, 4) is 17.0 Å². The van der Waals surface area contributed by atoms with Crippen molar-refractivity contribution in [3.05, 3.63) is 93.2 Å². The van der Waals surface area contributed by atoms with Gasteiger partial charge in [-0.3, -0.25) is 9.59 Å². The molecule has 0 spiro atoms. The van der Waals surface area contributed by atoms with Crippen LogP contribution in [0.25, 0.3) is 22.0 Å². The number of methoxy groups -OCH3 is 1. The van der Waals surface area contributed by atoms with E-state index in [-0.39, 0.29) is 18.0 Å². The normalized spacial score (nSPS) is 10.8. The standard InChI is InChI=1S/C24H20ClN3O3/c1-28-24(30)20-6-4-3-5-19(20)22(27-28)16-9-12-21(31-2)17(13-16)14-26-23(29)15-7-10-18(25)11-8-15/h3-13H,14H2,1-2H3,(H,26,29). The van der Waals surface area contributed by atoms with Crippen LogP contribution in [-0.2, 0) is 13.6 Å². The van der Waals surface area contributed by atoms with Crippen LogP contribution >= 0.6 is 11.6 Å². The van der Waals surface area contributed by atoms with E-state index in [0.29, 0.717) is 27.4 Å². The van der Waals surface area contributed by atoms with Crippen LogP contribution in [0.3, 0.4) is 0 Å². The van der Waals surface area contributed by atoms with Gasteiger partial charge in [0.1, 0.15) is 5.75 Å². The second kappa shape index (κ2) is 8.62. The van der Waals surface area contributed by atoms with Crippen LogP contribution in [0.4, 0.5) is 0 Å². The van der Waals surface area contributed by atoms with Crippen molar-refractivity contribution in [3.63, 3.8) is 0 Å². The molecule has 0 saturated carbocycles. The summed E-state index contributed by atoms with van der Waals surface area (Å²) in [6, 6.07) is 19.7. The van der Waals surface area contributed by atoms with Crippen molar-refractivity contribution in [1.29, 1.82) is 0 Å². The lowest BCUT2D eigenvalue weighted by molar-refractivity contribution is 0.0950. The summed E-state index contributed by atoms with van der Waals surface area (Å²) in [4.78, 5) is 24.9. The minimum absolute atomic E-state index is 0.150. The highest BCUT2D eigenvalue weighted by Crippen LogP contribution is 2.29. The molecule has 1 heterocycles. The Morgan fingerprint density at radius 3 is 2.48 bits per heavy atom. The summed E-state index contributed by atoms with van der Waals surface area (Å²) in [7, 11) is 3.22. The van der Waals surface area contributed by atoms with Gasteiger partial charge in [0, 0.05) is 40.7 Å². The molecule has 31 heavy (non-hydrogen) atoms. The number of amides is 1. The number of nitrogens with one attached hydrogen (secondary N) is 1. The number of ether oxygens (including phenoxy) is 1. The number of hydrogen-bond donors (Lipinski definition) is 1. The van der Waals surface area contributed by atoms with E-state index in [2.05, 4.69) is 10.4 Å². The van der Waals surface area contributed by atoms with Crippen molar-refractivity contribution in [2.24, 2.45) is 7.05 Å². The molecule has 1 amide bonds. The Hall–Kier alpha value is -3.64. The third-order valence-corrected chi connectivity index (χ3v) is 5.31. The minimum Gasteiger partial charge on any atom is -0.496 e. The van der Waals surface area contributed by atoms with Crippen molar-refractivity contribution >= 4 is 28.3 Å². The van der Waals surface area contributed by atoms with Gasteiger partial charge in [0.05, 0.1) is 18.2 Å². The lowest BCUT2D eigenvalue weighted by Crippen LogP contribution is -2.23. The summed E-state index contributed by atoms with van der Waals surface area (Å²) < 4.78 is 6.81. The molecule has 1 aromatic heterocycles. The van der Waals surface area contributed by atoms with Crippen molar-refractivity contribution in [2.45, 2.75) is 6.54 Å².